The largest absolute Gasteiger partial charge is 0.480 e. The number of aliphatic carboxylic acids is 1. The molecule has 0 bridgehead atoms. The van der Waals surface area contributed by atoms with Crippen molar-refractivity contribution in [2.45, 2.75) is 0 Å². The highest BCUT2D eigenvalue weighted by Gasteiger charge is 2.14. The summed E-state index contributed by atoms with van der Waals surface area (Å²) in [4.78, 5) is 29.2. The van der Waals surface area contributed by atoms with Gasteiger partial charge in [-0.15, -0.1) is 6.58 Å². The molecule has 0 saturated carbocycles. The number of nitrogens with zero attached hydrogens (tertiary/aromatic N) is 4. The summed E-state index contributed by atoms with van der Waals surface area (Å²) in [6, 6.07) is 0. The molecule has 0 unspecified atom stereocenters. The molecule has 0 saturated heterocycles. The number of carbonyl (C=O) groups is 1. The number of hydrogen-bond donors (Lipinski definition) is 1. The number of anilines is 1. The van der Waals surface area contributed by atoms with Gasteiger partial charge in [0.1, 0.15) is 18.9 Å². The van der Waals surface area contributed by atoms with Gasteiger partial charge in [0.2, 0.25) is 5.95 Å². The van der Waals surface area contributed by atoms with Crippen LogP contribution >= 0.6 is 0 Å². The predicted molar refractivity (Wildman–Crippen MR) is 58.7 cm³/mol. The first-order valence-electron chi connectivity index (χ1n) is 4.58. The average Bonchev–Trinajstić information content (AvgIpc) is 2.28. The van der Waals surface area contributed by atoms with Crippen molar-refractivity contribution in [1.82, 2.24) is 9.97 Å². The molecule has 0 aliphatic heterocycles. The molecule has 8 nitrogen and oxygen atoms in total. The third kappa shape index (κ3) is 3.52. The molecule has 0 amide bonds. The maximum absolute atomic E-state index is 10.6. The second kappa shape index (κ2) is 5.54. The van der Waals surface area contributed by atoms with Gasteiger partial charge in [0.15, 0.2) is 0 Å². The van der Waals surface area contributed by atoms with Crippen LogP contribution in [0.3, 0.4) is 0 Å². The summed E-state index contributed by atoms with van der Waals surface area (Å²) in [5.41, 5.74) is -0.248. The first kappa shape index (κ1) is 12.6. The van der Waals surface area contributed by atoms with Crippen molar-refractivity contribution >= 4 is 17.6 Å². The summed E-state index contributed by atoms with van der Waals surface area (Å²) >= 11 is 0. The van der Waals surface area contributed by atoms with Crippen molar-refractivity contribution in [3.8, 4) is 0 Å². The summed E-state index contributed by atoms with van der Waals surface area (Å²) in [5, 5.41) is 19.1. The number of hydrogen-bond acceptors (Lipinski definition) is 6. The fraction of sp³-hybridized carbons (Fsp3) is 0.222. The van der Waals surface area contributed by atoms with Crippen molar-refractivity contribution < 1.29 is 14.8 Å². The van der Waals surface area contributed by atoms with E-state index in [1.807, 2.05) is 0 Å². The zero-order chi connectivity index (χ0) is 12.8. The Hall–Kier alpha value is -2.51. The summed E-state index contributed by atoms with van der Waals surface area (Å²) < 4.78 is 0. The zero-order valence-corrected chi connectivity index (χ0v) is 8.81. The Balaban J connectivity index is 2.90. The lowest BCUT2D eigenvalue weighted by atomic mass is 10.4. The van der Waals surface area contributed by atoms with Crippen LogP contribution in [0.1, 0.15) is 0 Å². The van der Waals surface area contributed by atoms with Crippen molar-refractivity contribution in [1.29, 1.82) is 0 Å². The normalized spacial score (nSPS) is 9.65. The van der Waals surface area contributed by atoms with E-state index in [-0.39, 0.29) is 24.7 Å². The molecule has 1 aromatic heterocycles. The van der Waals surface area contributed by atoms with Crippen LogP contribution in [-0.4, -0.2) is 39.1 Å². The van der Waals surface area contributed by atoms with Gasteiger partial charge in [-0.2, -0.15) is 0 Å². The number of nitro groups is 1. The second-order valence-corrected chi connectivity index (χ2v) is 3.06. The van der Waals surface area contributed by atoms with Gasteiger partial charge in [-0.05, 0) is 0 Å². The number of rotatable bonds is 6. The van der Waals surface area contributed by atoms with Gasteiger partial charge >= 0.3 is 11.7 Å². The monoisotopic (exact) mass is 238 g/mol. The van der Waals surface area contributed by atoms with E-state index in [4.69, 9.17) is 5.11 Å². The van der Waals surface area contributed by atoms with E-state index in [1.165, 1.54) is 11.0 Å². The maximum atomic E-state index is 10.6. The highest BCUT2D eigenvalue weighted by atomic mass is 16.6. The van der Waals surface area contributed by atoms with Crippen LogP contribution < -0.4 is 4.90 Å². The molecule has 1 aromatic rings. The molecule has 0 radical (unpaired) electrons. The lowest BCUT2D eigenvalue weighted by Crippen LogP contribution is -2.31. The highest BCUT2D eigenvalue weighted by molar-refractivity contribution is 5.72. The first-order chi connectivity index (χ1) is 8.04. The first-order valence-corrected chi connectivity index (χ1v) is 4.58. The molecular formula is C9H10N4O4. The van der Waals surface area contributed by atoms with Crippen LogP contribution in [0.4, 0.5) is 11.6 Å². The molecule has 0 aromatic carbocycles. The van der Waals surface area contributed by atoms with E-state index in [0.717, 1.165) is 12.4 Å². The quantitative estimate of drug-likeness (QED) is 0.435. The molecule has 1 heterocycles. The molecule has 17 heavy (non-hydrogen) atoms. The fourth-order valence-electron chi connectivity index (χ4n) is 1.11. The lowest BCUT2D eigenvalue weighted by molar-refractivity contribution is -0.385. The topological polar surface area (TPSA) is 109 Å². The van der Waals surface area contributed by atoms with Crippen LogP contribution in [0, 0.1) is 10.1 Å². The summed E-state index contributed by atoms with van der Waals surface area (Å²) in [7, 11) is 0. The third-order valence-electron chi connectivity index (χ3n) is 1.79. The van der Waals surface area contributed by atoms with Crippen LogP contribution in [0.15, 0.2) is 25.0 Å². The van der Waals surface area contributed by atoms with Crippen LogP contribution in [0.5, 0.6) is 0 Å². The Bertz CT molecular complexity index is 431. The van der Waals surface area contributed by atoms with Crippen molar-refractivity contribution in [3.05, 3.63) is 35.2 Å². The van der Waals surface area contributed by atoms with E-state index < -0.39 is 10.9 Å². The number of aromatic nitrogens is 2. The van der Waals surface area contributed by atoms with Crippen LogP contribution in [0.25, 0.3) is 0 Å². The van der Waals surface area contributed by atoms with Gasteiger partial charge in [0.25, 0.3) is 0 Å². The Morgan fingerprint density at radius 3 is 2.59 bits per heavy atom. The summed E-state index contributed by atoms with van der Waals surface area (Å²) in [6.07, 6.45) is 3.55. The fourth-order valence-corrected chi connectivity index (χ4v) is 1.11. The molecule has 0 aliphatic rings. The van der Waals surface area contributed by atoms with E-state index in [1.54, 1.807) is 0 Å². The van der Waals surface area contributed by atoms with E-state index in [2.05, 4.69) is 16.5 Å². The van der Waals surface area contributed by atoms with E-state index in [0.29, 0.717) is 0 Å². The Morgan fingerprint density at radius 2 is 2.18 bits per heavy atom. The van der Waals surface area contributed by atoms with Gasteiger partial charge in [-0.25, -0.2) is 9.97 Å². The molecular weight excluding hydrogens is 228 g/mol. The van der Waals surface area contributed by atoms with Crippen LogP contribution in [-0.2, 0) is 4.79 Å². The van der Waals surface area contributed by atoms with Crippen LogP contribution in [0.2, 0.25) is 0 Å². The Kier molecular flexibility index (Phi) is 4.09. The van der Waals surface area contributed by atoms with E-state index >= 15 is 0 Å². The molecule has 1 rings (SSSR count). The molecule has 0 atom stereocenters. The van der Waals surface area contributed by atoms with E-state index in [9.17, 15) is 14.9 Å². The van der Waals surface area contributed by atoms with Gasteiger partial charge in [-0.1, -0.05) is 6.08 Å². The molecule has 90 valence electrons. The van der Waals surface area contributed by atoms with Crippen molar-refractivity contribution in [2.75, 3.05) is 18.0 Å². The zero-order valence-electron chi connectivity index (χ0n) is 8.81. The average molecular weight is 238 g/mol. The van der Waals surface area contributed by atoms with Gasteiger partial charge in [-0.3, -0.25) is 14.9 Å². The number of carboxylic acid groups (broad SMARTS) is 1. The highest BCUT2D eigenvalue weighted by Crippen LogP contribution is 2.11. The van der Waals surface area contributed by atoms with Crippen molar-refractivity contribution in [2.24, 2.45) is 0 Å². The molecule has 0 aliphatic carbocycles. The predicted octanol–water partition coefficient (Wildman–Crippen LogP) is 0.462. The smallest absolute Gasteiger partial charge is 0.323 e. The minimum Gasteiger partial charge on any atom is -0.480 e. The lowest BCUT2D eigenvalue weighted by Gasteiger charge is -2.17. The minimum atomic E-state index is -1.05. The Morgan fingerprint density at radius 1 is 1.59 bits per heavy atom. The van der Waals surface area contributed by atoms with Gasteiger partial charge < -0.3 is 10.0 Å². The SMILES string of the molecule is C=CCN(CC(=O)O)c1ncc([N+](=O)[O-])cn1. The van der Waals surface area contributed by atoms with Gasteiger partial charge in [0.05, 0.1) is 4.92 Å². The number of carboxylic acids is 1. The summed E-state index contributed by atoms with van der Waals surface area (Å²) in [5.74, 6) is -0.938. The van der Waals surface area contributed by atoms with Crippen molar-refractivity contribution in [3.63, 3.8) is 0 Å². The standard InChI is InChI=1S/C9H10N4O4/c1-2-3-12(6-8(14)15)9-10-4-7(5-11-9)13(16)17/h2,4-5H,1,3,6H2,(H,14,15). The second-order valence-electron chi connectivity index (χ2n) is 3.06. The molecule has 1 N–H and O–H groups in total. The molecule has 0 fully saturated rings. The third-order valence-corrected chi connectivity index (χ3v) is 1.79. The maximum Gasteiger partial charge on any atom is 0.323 e. The molecule has 0 spiro atoms. The molecule has 8 heteroatoms. The van der Waals surface area contributed by atoms with Gasteiger partial charge in [0, 0.05) is 6.54 Å². The minimum absolute atomic E-state index is 0.109. The Labute approximate surface area is 96.4 Å². The summed E-state index contributed by atoms with van der Waals surface area (Å²) in [6.45, 7) is 3.42.